The Labute approximate surface area is 369 Å². The molecule has 2 atom stereocenters. The number of hydrogen-bond acceptors (Lipinski definition) is 18. The van der Waals surface area contributed by atoms with Crippen molar-refractivity contribution in [2.24, 2.45) is 0 Å². The highest BCUT2D eigenvalue weighted by molar-refractivity contribution is 8.01. The molecule has 4 heterocycles. The summed E-state index contributed by atoms with van der Waals surface area (Å²) in [5.74, 6) is 0.0512. The first-order valence-corrected chi connectivity index (χ1v) is 22.8. The van der Waals surface area contributed by atoms with Crippen LogP contribution in [0.25, 0.3) is 9.81 Å². The lowest BCUT2D eigenvalue weighted by Gasteiger charge is -2.44. The number of ether oxygens (including phenoxy) is 2. The molecule has 8 rings (SSSR count). The molecule has 0 amide bonds. The van der Waals surface area contributed by atoms with Crippen molar-refractivity contribution in [2.45, 2.75) is 26.3 Å². The molecule has 6 aromatic rings. The summed E-state index contributed by atoms with van der Waals surface area (Å²) in [5.41, 5.74) is 3.22. The van der Waals surface area contributed by atoms with Crippen LogP contribution in [0.1, 0.15) is 22.3 Å². The smallest absolute Gasteiger partial charge is 0.296 e. The maximum atomic E-state index is 14.0. The number of aryl methyl sites for hydroxylation is 2. The third kappa shape index (κ3) is 10.1. The van der Waals surface area contributed by atoms with Crippen LogP contribution >= 0.6 is 0 Å². The van der Waals surface area contributed by atoms with Crippen LogP contribution in [0.15, 0.2) is 122 Å². The standard InChI is InChI=1S/C42H44N12O8S2/c1-29-11-15-32(16-12-29)49-36-23-51(19-21-61-36)53(41-45-25-43-26-46-41)35-10-6-9-34(40(64(58,59)60)39(63(55,56)57)31-7-4-3-5-8-31)38(35)54(42-47-27-44-28-48-42)52-20-22-62-37(24-52)50-33-17-13-30(2)14-18-33/h3-18,25-28,36-37,49-50H,19-24H2,1-2H3,(H,55,56,57)(H,58,59,60). The quantitative estimate of drug-likeness (QED) is 0.0837. The summed E-state index contributed by atoms with van der Waals surface area (Å²) in [4.78, 5) is 24.0. The van der Waals surface area contributed by atoms with Gasteiger partial charge in [-0.1, -0.05) is 77.9 Å². The van der Waals surface area contributed by atoms with Crippen molar-refractivity contribution in [1.82, 2.24) is 39.9 Å². The van der Waals surface area contributed by atoms with Crippen LogP contribution in [0.3, 0.4) is 0 Å². The zero-order valence-corrected chi connectivity index (χ0v) is 36.2. The van der Waals surface area contributed by atoms with Crippen molar-refractivity contribution in [3.8, 4) is 0 Å². The fourth-order valence-electron chi connectivity index (χ4n) is 7.39. The summed E-state index contributed by atoms with van der Waals surface area (Å²) in [6.07, 6.45) is 3.85. The van der Waals surface area contributed by atoms with Crippen LogP contribution in [0.5, 0.6) is 0 Å². The topological polar surface area (TPSA) is 242 Å². The minimum absolute atomic E-state index is 0.0287. The Balaban J connectivity index is 1.39. The molecule has 20 nitrogen and oxygen atoms in total. The largest absolute Gasteiger partial charge is 0.359 e. The van der Waals surface area contributed by atoms with E-state index in [2.05, 4.69) is 40.5 Å². The predicted octanol–water partition coefficient (Wildman–Crippen LogP) is 4.92. The van der Waals surface area contributed by atoms with Crippen molar-refractivity contribution in [3.05, 3.63) is 145 Å². The van der Waals surface area contributed by atoms with Gasteiger partial charge in [-0.15, -0.1) is 0 Å². The number of para-hydroxylation sites is 1. The van der Waals surface area contributed by atoms with Gasteiger partial charge in [0.2, 0.25) is 11.9 Å². The van der Waals surface area contributed by atoms with Crippen LogP contribution in [-0.4, -0.2) is 118 Å². The van der Waals surface area contributed by atoms with E-state index in [0.717, 1.165) is 22.5 Å². The molecule has 0 aliphatic carbocycles. The van der Waals surface area contributed by atoms with Crippen LogP contribution < -0.4 is 20.7 Å². The van der Waals surface area contributed by atoms with Gasteiger partial charge >= 0.3 is 0 Å². The van der Waals surface area contributed by atoms with Gasteiger partial charge in [0.05, 0.1) is 37.7 Å². The molecular weight excluding hydrogens is 865 g/mol. The SMILES string of the molecule is Cc1ccc(NC2CN(N(c3ncncn3)c3cccc(C(=C(c4ccccc4)S(=O)(=O)O)S(=O)(=O)O)c3N(c3ncncn3)N3CCOC(Nc4ccc(C)cc4)C3)CCO2)cc1. The Morgan fingerprint density at radius 3 is 1.56 bits per heavy atom. The fourth-order valence-corrected chi connectivity index (χ4v) is 9.60. The van der Waals surface area contributed by atoms with Crippen LogP contribution in [-0.2, 0) is 29.7 Å². The average molecular weight is 909 g/mol. The Kier molecular flexibility index (Phi) is 13.2. The third-order valence-electron chi connectivity index (χ3n) is 10.2. The maximum Gasteiger partial charge on any atom is 0.296 e. The lowest BCUT2D eigenvalue weighted by Crippen LogP contribution is -2.55. The Morgan fingerprint density at radius 2 is 1.08 bits per heavy atom. The van der Waals surface area contributed by atoms with E-state index in [1.54, 1.807) is 22.2 Å². The molecule has 4 aromatic carbocycles. The minimum atomic E-state index is -5.55. The molecule has 2 aliphatic rings. The second kappa shape index (κ2) is 19.1. The van der Waals surface area contributed by atoms with Gasteiger partial charge in [-0.3, -0.25) is 9.11 Å². The number of nitrogens with one attached hydrogen (secondary N) is 2. The molecule has 0 bridgehead atoms. The molecule has 0 radical (unpaired) electrons. The van der Waals surface area contributed by atoms with Crippen molar-refractivity contribution >= 4 is 64.7 Å². The molecular formula is C42H44N12O8S2. The van der Waals surface area contributed by atoms with E-state index in [4.69, 9.17) is 9.47 Å². The summed E-state index contributed by atoms with van der Waals surface area (Å²) in [6.45, 7) is 5.02. The molecule has 2 unspecified atom stereocenters. The highest BCUT2D eigenvalue weighted by Gasteiger charge is 2.40. The van der Waals surface area contributed by atoms with E-state index in [9.17, 15) is 25.9 Å². The molecule has 2 fully saturated rings. The Bertz CT molecular complexity index is 2800. The number of anilines is 6. The van der Waals surface area contributed by atoms with Crippen LogP contribution in [0, 0.1) is 13.8 Å². The first kappa shape index (κ1) is 44.1. The van der Waals surface area contributed by atoms with E-state index in [-0.39, 0.29) is 73.8 Å². The number of morpholine rings is 2. The van der Waals surface area contributed by atoms with Crippen molar-refractivity contribution in [3.63, 3.8) is 0 Å². The Morgan fingerprint density at radius 1 is 0.609 bits per heavy atom. The third-order valence-corrected chi connectivity index (χ3v) is 12.2. The highest BCUT2D eigenvalue weighted by atomic mass is 32.2. The van der Waals surface area contributed by atoms with E-state index in [1.807, 2.05) is 67.4 Å². The summed E-state index contributed by atoms with van der Waals surface area (Å²) < 4.78 is 89.7. The van der Waals surface area contributed by atoms with E-state index < -0.39 is 42.5 Å². The zero-order chi connectivity index (χ0) is 44.8. The van der Waals surface area contributed by atoms with Crippen LogP contribution in [0.4, 0.5) is 34.6 Å². The van der Waals surface area contributed by atoms with Crippen molar-refractivity contribution in [2.75, 3.05) is 60.0 Å². The number of hydrogen-bond donors (Lipinski definition) is 4. The lowest BCUT2D eigenvalue weighted by atomic mass is 10.1. The van der Waals surface area contributed by atoms with Gasteiger partial charge in [0, 0.05) is 30.0 Å². The number of nitrogens with zero attached hydrogens (tertiary/aromatic N) is 10. The maximum absolute atomic E-state index is 14.0. The van der Waals surface area contributed by atoms with E-state index >= 15 is 0 Å². The average Bonchev–Trinajstić information content (AvgIpc) is 3.28. The molecule has 2 aromatic heterocycles. The number of rotatable bonds is 14. The number of hydrazine groups is 2. The molecule has 0 spiro atoms. The van der Waals surface area contributed by atoms with Gasteiger partial charge in [-0.2, -0.15) is 36.8 Å². The molecule has 2 aliphatic heterocycles. The molecule has 64 heavy (non-hydrogen) atoms. The second-order valence-electron chi connectivity index (χ2n) is 14.7. The fraction of sp³-hybridized carbons (Fsp3) is 0.238. The molecule has 2 saturated heterocycles. The molecule has 0 saturated carbocycles. The summed E-state index contributed by atoms with van der Waals surface area (Å²) >= 11 is 0. The zero-order valence-electron chi connectivity index (χ0n) is 34.6. The minimum Gasteiger partial charge on any atom is -0.359 e. The molecule has 22 heteroatoms. The van der Waals surface area contributed by atoms with E-state index in [1.165, 1.54) is 66.7 Å². The molecule has 332 valence electrons. The first-order chi connectivity index (χ1) is 30.8. The second-order valence-corrected chi connectivity index (χ2v) is 17.4. The van der Waals surface area contributed by atoms with Gasteiger partial charge in [0.15, 0.2) is 0 Å². The monoisotopic (exact) mass is 908 g/mol. The Hall–Kier alpha value is -6.50. The van der Waals surface area contributed by atoms with Gasteiger partial charge in [-0.05, 0) is 49.7 Å². The summed E-state index contributed by atoms with van der Waals surface area (Å²) in [5, 5.41) is 13.6. The predicted molar refractivity (Wildman–Crippen MR) is 239 cm³/mol. The number of benzene rings is 4. The van der Waals surface area contributed by atoms with Crippen molar-refractivity contribution < 1.29 is 35.4 Å². The van der Waals surface area contributed by atoms with Gasteiger partial charge in [-0.25, -0.2) is 30.0 Å². The van der Waals surface area contributed by atoms with E-state index in [0.29, 0.717) is 0 Å². The van der Waals surface area contributed by atoms with Crippen LogP contribution in [0.2, 0.25) is 0 Å². The normalized spacial score (nSPS) is 17.9. The lowest BCUT2D eigenvalue weighted by molar-refractivity contribution is -0.0155. The first-order valence-electron chi connectivity index (χ1n) is 19.9. The summed E-state index contributed by atoms with van der Waals surface area (Å²) in [6, 6.07) is 27.1. The summed E-state index contributed by atoms with van der Waals surface area (Å²) in [7, 11) is -11.0. The van der Waals surface area contributed by atoms with Crippen molar-refractivity contribution in [1.29, 1.82) is 0 Å². The molecule has 4 N–H and O–H groups in total. The highest BCUT2D eigenvalue weighted by Crippen LogP contribution is 2.47. The van der Waals surface area contributed by atoms with Gasteiger partial charge in [0.25, 0.3) is 20.2 Å². The number of aromatic nitrogens is 6. The van der Waals surface area contributed by atoms with Gasteiger partial charge in [0.1, 0.15) is 47.6 Å². The van der Waals surface area contributed by atoms with Gasteiger partial charge < -0.3 is 20.1 Å².